The number of rotatable bonds is 4. The second-order valence-electron chi connectivity index (χ2n) is 7.59. The average molecular weight is 388 g/mol. The van der Waals surface area contributed by atoms with Crippen molar-refractivity contribution in [3.05, 3.63) is 52.8 Å². The number of benzene rings is 1. The molecule has 1 aliphatic heterocycles. The lowest BCUT2D eigenvalue weighted by Gasteiger charge is -2.17. The summed E-state index contributed by atoms with van der Waals surface area (Å²) in [5.74, 6) is 0.158. The van der Waals surface area contributed by atoms with Gasteiger partial charge in [-0.1, -0.05) is 30.3 Å². The van der Waals surface area contributed by atoms with Gasteiger partial charge in [0.05, 0.1) is 23.6 Å². The maximum absolute atomic E-state index is 13.0. The average Bonchev–Trinajstić information content (AvgIpc) is 3.22. The van der Waals surface area contributed by atoms with E-state index in [9.17, 15) is 13.2 Å². The van der Waals surface area contributed by atoms with Gasteiger partial charge in [0.2, 0.25) is 0 Å². The molecule has 1 aromatic carbocycles. The summed E-state index contributed by atoms with van der Waals surface area (Å²) in [5.41, 5.74) is 3.57. The number of fused-ring (bicyclic) bond motifs is 1. The number of amides is 1. The van der Waals surface area contributed by atoms with E-state index in [-0.39, 0.29) is 29.5 Å². The molecule has 6 nitrogen and oxygen atoms in total. The van der Waals surface area contributed by atoms with Gasteiger partial charge < -0.3 is 5.32 Å². The maximum Gasteiger partial charge on any atom is 0.272 e. The number of aromatic nitrogens is 2. The molecule has 0 saturated carbocycles. The van der Waals surface area contributed by atoms with Crippen molar-refractivity contribution < 1.29 is 13.2 Å². The van der Waals surface area contributed by atoms with E-state index < -0.39 is 9.84 Å². The lowest BCUT2D eigenvalue weighted by Crippen LogP contribution is -2.28. The molecule has 2 heterocycles. The summed E-state index contributed by atoms with van der Waals surface area (Å²) in [6.45, 7) is 1.96. The van der Waals surface area contributed by atoms with Gasteiger partial charge in [0.15, 0.2) is 15.5 Å². The van der Waals surface area contributed by atoms with Gasteiger partial charge in [-0.15, -0.1) is 0 Å². The second kappa shape index (κ2) is 7.11. The van der Waals surface area contributed by atoms with Gasteiger partial charge in [-0.2, -0.15) is 5.10 Å². The minimum atomic E-state index is -3.00. The molecule has 1 N–H and O–H groups in total. The van der Waals surface area contributed by atoms with Crippen molar-refractivity contribution in [2.24, 2.45) is 0 Å². The number of carbonyl (C=O) groups is 1. The van der Waals surface area contributed by atoms with Gasteiger partial charge in [-0.05, 0) is 44.6 Å². The summed E-state index contributed by atoms with van der Waals surface area (Å²) < 4.78 is 25.7. The Labute approximate surface area is 159 Å². The Morgan fingerprint density at radius 2 is 1.96 bits per heavy atom. The van der Waals surface area contributed by atoms with Crippen molar-refractivity contribution in [3.8, 4) is 0 Å². The predicted molar refractivity (Wildman–Crippen MR) is 104 cm³/mol. The zero-order chi connectivity index (χ0) is 19.0. The molecule has 2 aromatic rings. The Hall–Kier alpha value is -2.15. The van der Waals surface area contributed by atoms with Crippen molar-refractivity contribution >= 4 is 15.7 Å². The molecule has 27 heavy (non-hydrogen) atoms. The van der Waals surface area contributed by atoms with Crippen LogP contribution in [0.1, 0.15) is 65.6 Å². The Morgan fingerprint density at radius 3 is 2.67 bits per heavy atom. The Morgan fingerprint density at radius 1 is 1.22 bits per heavy atom. The van der Waals surface area contributed by atoms with E-state index in [0.717, 1.165) is 42.5 Å². The fourth-order valence-electron chi connectivity index (χ4n) is 4.17. The standard InChI is InChI=1S/C20H25N3O3S/c1-14(15-7-3-2-4-8-15)21-20(24)19-17-9-5-6-10-18(17)23(22-19)16-11-12-27(25,26)13-16/h2-4,7-8,14,16H,5-6,9-13H2,1H3,(H,21,24)/t14-,16-/m0/s1. The molecule has 0 spiro atoms. The van der Waals surface area contributed by atoms with Crippen LogP contribution >= 0.6 is 0 Å². The molecule has 0 unspecified atom stereocenters. The quantitative estimate of drug-likeness (QED) is 0.874. The minimum absolute atomic E-state index is 0.116. The van der Waals surface area contributed by atoms with Crippen LogP contribution in [0.25, 0.3) is 0 Å². The first kappa shape index (κ1) is 18.2. The van der Waals surface area contributed by atoms with E-state index in [1.807, 2.05) is 41.9 Å². The van der Waals surface area contributed by atoms with E-state index in [1.165, 1.54) is 0 Å². The first-order chi connectivity index (χ1) is 12.9. The normalized spacial score (nSPS) is 22.2. The van der Waals surface area contributed by atoms with Gasteiger partial charge >= 0.3 is 0 Å². The van der Waals surface area contributed by atoms with Crippen molar-refractivity contribution in [2.75, 3.05) is 11.5 Å². The third-order valence-electron chi connectivity index (χ3n) is 5.63. The minimum Gasteiger partial charge on any atom is -0.344 e. The molecule has 144 valence electrons. The van der Waals surface area contributed by atoms with Crippen molar-refractivity contribution in [1.82, 2.24) is 15.1 Å². The number of carbonyl (C=O) groups excluding carboxylic acids is 1. The lowest BCUT2D eigenvalue weighted by atomic mass is 9.95. The third kappa shape index (κ3) is 3.65. The molecule has 2 atom stereocenters. The summed E-state index contributed by atoms with van der Waals surface area (Å²) in [7, 11) is -3.00. The largest absolute Gasteiger partial charge is 0.344 e. The molecule has 4 rings (SSSR count). The molecule has 7 heteroatoms. The summed E-state index contributed by atoms with van der Waals surface area (Å²) in [6, 6.07) is 9.57. The van der Waals surface area contributed by atoms with Crippen LogP contribution in [0.5, 0.6) is 0 Å². The Bertz CT molecular complexity index is 950. The summed E-state index contributed by atoms with van der Waals surface area (Å²) in [6.07, 6.45) is 4.37. The number of hydrogen-bond donors (Lipinski definition) is 1. The molecular formula is C20H25N3O3S. The van der Waals surface area contributed by atoms with Crippen LogP contribution in [0.4, 0.5) is 0 Å². The fourth-order valence-corrected chi connectivity index (χ4v) is 5.86. The highest BCUT2D eigenvalue weighted by atomic mass is 32.2. The van der Waals surface area contributed by atoms with Gasteiger partial charge in [0.25, 0.3) is 5.91 Å². The zero-order valence-electron chi connectivity index (χ0n) is 15.5. The zero-order valence-corrected chi connectivity index (χ0v) is 16.3. The summed E-state index contributed by atoms with van der Waals surface area (Å²) in [4.78, 5) is 13.0. The number of sulfone groups is 1. The SMILES string of the molecule is C[C@H](NC(=O)c1nn([C@H]2CCS(=O)(=O)C2)c2c1CCCC2)c1ccccc1. The highest BCUT2D eigenvalue weighted by Crippen LogP contribution is 2.31. The Kier molecular flexibility index (Phi) is 4.80. The molecule has 1 amide bonds. The number of nitrogens with one attached hydrogen (secondary N) is 1. The maximum atomic E-state index is 13.0. The van der Waals surface area contributed by atoms with Crippen molar-refractivity contribution in [2.45, 2.75) is 51.1 Å². The van der Waals surface area contributed by atoms with E-state index >= 15 is 0 Å². The van der Waals surface area contributed by atoms with E-state index in [4.69, 9.17) is 0 Å². The molecule has 0 bridgehead atoms. The first-order valence-corrected chi connectivity index (χ1v) is 11.4. The fraction of sp³-hybridized carbons (Fsp3) is 0.500. The molecule has 2 aliphatic rings. The van der Waals surface area contributed by atoms with Crippen LogP contribution in [0.2, 0.25) is 0 Å². The second-order valence-corrected chi connectivity index (χ2v) is 9.82. The van der Waals surface area contributed by atoms with Gasteiger partial charge in [0.1, 0.15) is 0 Å². The van der Waals surface area contributed by atoms with Gasteiger partial charge in [-0.25, -0.2) is 8.42 Å². The predicted octanol–water partition coefficient (Wildman–Crippen LogP) is 2.61. The van der Waals surface area contributed by atoms with E-state index in [2.05, 4.69) is 10.4 Å². The summed E-state index contributed by atoms with van der Waals surface area (Å²) in [5, 5.41) is 7.68. The summed E-state index contributed by atoms with van der Waals surface area (Å²) >= 11 is 0. The van der Waals surface area contributed by atoms with Crippen LogP contribution in [0.3, 0.4) is 0 Å². The molecule has 1 saturated heterocycles. The monoisotopic (exact) mass is 387 g/mol. The number of nitrogens with zero attached hydrogens (tertiary/aromatic N) is 2. The first-order valence-electron chi connectivity index (χ1n) is 9.61. The number of hydrogen-bond acceptors (Lipinski definition) is 4. The van der Waals surface area contributed by atoms with Crippen LogP contribution < -0.4 is 5.32 Å². The molecule has 0 radical (unpaired) electrons. The van der Waals surface area contributed by atoms with E-state index in [0.29, 0.717) is 12.1 Å². The van der Waals surface area contributed by atoms with Crippen LogP contribution in [-0.2, 0) is 22.7 Å². The van der Waals surface area contributed by atoms with Gasteiger partial charge in [-0.3, -0.25) is 9.48 Å². The molecule has 1 aromatic heterocycles. The molecule has 1 fully saturated rings. The highest BCUT2D eigenvalue weighted by Gasteiger charge is 2.34. The van der Waals surface area contributed by atoms with Gasteiger partial charge in [0, 0.05) is 11.3 Å². The van der Waals surface area contributed by atoms with Crippen molar-refractivity contribution in [3.63, 3.8) is 0 Å². The third-order valence-corrected chi connectivity index (χ3v) is 7.38. The topological polar surface area (TPSA) is 81.1 Å². The molecular weight excluding hydrogens is 362 g/mol. The van der Waals surface area contributed by atoms with Crippen LogP contribution in [0, 0.1) is 0 Å². The van der Waals surface area contributed by atoms with Crippen molar-refractivity contribution in [1.29, 1.82) is 0 Å². The highest BCUT2D eigenvalue weighted by molar-refractivity contribution is 7.91. The van der Waals surface area contributed by atoms with Crippen LogP contribution in [0.15, 0.2) is 30.3 Å². The lowest BCUT2D eigenvalue weighted by molar-refractivity contribution is 0.0932. The molecule has 1 aliphatic carbocycles. The Balaban J connectivity index is 1.62. The smallest absolute Gasteiger partial charge is 0.272 e. The van der Waals surface area contributed by atoms with Crippen LogP contribution in [-0.4, -0.2) is 35.6 Å². The van der Waals surface area contributed by atoms with E-state index in [1.54, 1.807) is 0 Å².